The molecule has 1 N–H and O–H groups in total. The van der Waals surface area contributed by atoms with Gasteiger partial charge in [-0.2, -0.15) is 0 Å². The van der Waals surface area contributed by atoms with Crippen LogP contribution in [-0.4, -0.2) is 5.91 Å². The van der Waals surface area contributed by atoms with Gasteiger partial charge in [-0.25, -0.2) is 9.18 Å². The molecule has 0 atom stereocenters. The molecule has 4 aromatic rings. The molecule has 0 saturated heterocycles. The lowest BCUT2D eigenvalue weighted by atomic mass is 10.2. The molecule has 1 amide bonds. The quantitative estimate of drug-likeness (QED) is 0.500. The maximum absolute atomic E-state index is 13.2. The first-order valence-corrected chi connectivity index (χ1v) is 8.44. The lowest BCUT2D eigenvalue weighted by Crippen LogP contribution is -2.10. The van der Waals surface area contributed by atoms with Gasteiger partial charge in [-0.15, -0.1) is 11.3 Å². The Hall–Kier alpha value is -2.70. The smallest absolute Gasteiger partial charge is 0.345 e. The van der Waals surface area contributed by atoms with Crippen LogP contribution in [0.2, 0.25) is 5.02 Å². The number of amides is 1. The Morgan fingerprint density at radius 2 is 1.92 bits per heavy atom. The topological polar surface area (TPSA) is 59.3 Å². The molecule has 25 heavy (non-hydrogen) atoms. The minimum Gasteiger partial charge on any atom is -0.422 e. The Labute approximate surface area is 149 Å². The van der Waals surface area contributed by atoms with Crippen molar-refractivity contribution in [2.24, 2.45) is 0 Å². The van der Waals surface area contributed by atoms with Crippen LogP contribution < -0.4 is 10.9 Å². The summed E-state index contributed by atoms with van der Waals surface area (Å²) in [6.07, 6.45) is 0. The zero-order valence-corrected chi connectivity index (χ0v) is 14.1. The highest BCUT2D eigenvalue weighted by atomic mass is 35.5. The molecule has 0 aliphatic heterocycles. The number of anilines is 1. The van der Waals surface area contributed by atoms with Gasteiger partial charge in [0, 0.05) is 11.1 Å². The SMILES string of the molecule is O=C(Nc1ccc(F)c(Cl)c1)c1cc2c(=O)oc3ccccc3c2s1. The van der Waals surface area contributed by atoms with Crippen molar-refractivity contribution in [1.82, 2.24) is 0 Å². The van der Waals surface area contributed by atoms with E-state index >= 15 is 0 Å². The van der Waals surface area contributed by atoms with E-state index in [-0.39, 0.29) is 5.02 Å². The molecule has 0 spiro atoms. The Kier molecular flexibility index (Phi) is 3.78. The van der Waals surface area contributed by atoms with Crippen LogP contribution in [0, 0.1) is 5.82 Å². The number of carbonyl (C=O) groups is 1. The van der Waals surface area contributed by atoms with Crippen molar-refractivity contribution in [2.75, 3.05) is 5.32 Å². The van der Waals surface area contributed by atoms with Crippen molar-refractivity contribution in [2.45, 2.75) is 0 Å². The number of nitrogens with one attached hydrogen (secondary N) is 1. The standard InChI is InChI=1S/C18H9ClFNO3S/c19-12-7-9(5-6-13(12)20)21-17(22)15-8-11-16(25-15)10-3-1-2-4-14(10)24-18(11)23/h1-8H,(H,21,22). The summed E-state index contributed by atoms with van der Waals surface area (Å²) >= 11 is 6.91. The van der Waals surface area contributed by atoms with Crippen LogP contribution in [0.25, 0.3) is 21.1 Å². The van der Waals surface area contributed by atoms with Crippen molar-refractivity contribution >= 4 is 55.6 Å². The molecule has 0 saturated carbocycles. The number of hydrogen-bond acceptors (Lipinski definition) is 4. The number of fused-ring (bicyclic) bond motifs is 3. The van der Waals surface area contributed by atoms with Gasteiger partial charge in [-0.1, -0.05) is 23.7 Å². The van der Waals surface area contributed by atoms with E-state index in [9.17, 15) is 14.0 Å². The summed E-state index contributed by atoms with van der Waals surface area (Å²) in [5.74, 6) is -0.974. The first-order valence-electron chi connectivity index (χ1n) is 7.25. The lowest BCUT2D eigenvalue weighted by molar-refractivity contribution is 0.103. The van der Waals surface area contributed by atoms with E-state index in [1.807, 2.05) is 12.1 Å². The van der Waals surface area contributed by atoms with Gasteiger partial charge in [-0.05, 0) is 36.4 Å². The summed E-state index contributed by atoms with van der Waals surface area (Å²) in [6.45, 7) is 0. The fourth-order valence-electron chi connectivity index (χ4n) is 2.52. The van der Waals surface area contributed by atoms with Gasteiger partial charge in [-0.3, -0.25) is 4.79 Å². The van der Waals surface area contributed by atoms with Crippen molar-refractivity contribution in [1.29, 1.82) is 0 Å². The average Bonchev–Trinajstić information content (AvgIpc) is 3.05. The van der Waals surface area contributed by atoms with E-state index in [4.69, 9.17) is 16.0 Å². The van der Waals surface area contributed by atoms with Crippen LogP contribution in [-0.2, 0) is 0 Å². The normalized spacial score (nSPS) is 11.1. The maximum atomic E-state index is 13.2. The Balaban J connectivity index is 1.77. The van der Waals surface area contributed by atoms with Crippen LogP contribution in [0.1, 0.15) is 9.67 Å². The third kappa shape index (κ3) is 2.79. The summed E-state index contributed by atoms with van der Waals surface area (Å²) in [5.41, 5.74) is 0.346. The van der Waals surface area contributed by atoms with Crippen LogP contribution in [0.3, 0.4) is 0 Å². The van der Waals surface area contributed by atoms with Crippen molar-refractivity contribution in [3.8, 4) is 0 Å². The van der Waals surface area contributed by atoms with E-state index in [1.165, 1.54) is 35.6 Å². The predicted molar refractivity (Wildman–Crippen MR) is 97.2 cm³/mol. The second-order valence-corrected chi connectivity index (χ2v) is 6.78. The fourth-order valence-corrected chi connectivity index (χ4v) is 3.77. The van der Waals surface area contributed by atoms with Crippen molar-refractivity contribution < 1.29 is 13.6 Å². The average molecular weight is 374 g/mol. The van der Waals surface area contributed by atoms with Gasteiger partial charge in [0.25, 0.3) is 5.91 Å². The zero-order chi connectivity index (χ0) is 17.6. The highest BCUT2D eigenvalue weighted by molar-refractivity contribution is 7.21. The molecule has 2 aromatic carbocycles. The van der Waals surface area contributed by atoms with Crippen molar-refractivity contribution in [3.05, 3.63) is 74.7 Å². The predicted octanol–water partition coefficient (Wildman–Crippen LogP) is 5.05. The minimum absolute atomic E-state index is 0.0826. The molecule has 0 bridgehead atoms. The molecular formula is C18H9ClFNO3S. The van der Waals surface area contributed by atoms with Crippen LogP contribution in [0.15, 0.2) is 57.7 Å². The molecule has 0 radical (unpaired) electrons. The van der Waals surface area contributed by atoms with E-state index in [1.54, 1.807) is 12.1 Å². The number of rotatable bonds is 2. The lowest BCUT2D eigenvalue weighted by Gasteiger charge is -2.04. The molecule has 0 fully saturated rings. The molecular weight excluding hydrogens is 365 g/mol. The molecule has 7 heteroatoms. The first kappa shape index (κ1) is 15.8. The molecule has 0 aliphatic rings. The highest BCUT2D eigenvalue weighted by Gasteiger charge is 2.16. The number of carbonyl (C=O) groups excluding carboxylic acids is 1. The summed E-state index contributed by atoms with van der Waals surface area (Å²) < 4.78 is 19.2. The number of para-hydroxylation sites is 1. The Morgan fingerprint density at radius 3 is 2.72 bits per heavy atom. The fraction of sp³-hybridized carbons (Fsp3) is 0. The van der Waals surface area contributed by atoms with Gasteiger partial charge >= 0.3 is 5.63 Å². The number of benzene rings is 2. The Morgan fingerprint density at radius 1 is 1.12 bits per heavy atom. The molecule has 124 valence electrons. The molecule has 2 heterocycles. The van der Waals surface area contributed by atoms with Gasteiger partial charge in [0.15, 0.2) is 0 Å². The van der Waals surface area contributed by atoms with Gasteiger partial charge in [0.05, 0.1) is 20.0 Å². The minimum atomic E-state index is -0.564. The van der Waals surface area contributed by atoms with E-state index < -0.39 is 17.3 Å². The van der Waals surface area contributed by atoms with Gasteiger partial charge in [0.1, 0.15) is 11.4 Å². The monoisotopic (exact) mass is 373 g/mol. The third-order valence-corrected chi connectivity index (χ3v) is 5.14. The van der Waals surface area contributed by atoms with E-state index in [0.717, 1.165) is 5.39 Å². The second kappa shape index (κ2) is 5.98. The number of halogens is 2. The first-order chi connectivity index (χ1) is 12.0. The summed E-state index contributed by atoms with van der Waals surface area (Å²) in [4.78, 5) is 24.9. The maximum Gasteiger partial charge on any atom is 0.345 e. The van der Waals surface area contributed by atoms with E-state index in [2.05, 4.69) is 5.32 Å². The second-order valence-electron chi connectivity index (χ2n) is 5.32. The highest BCUT2D eigenvalue weighted by Crippen LogP contribution is 2.31. The number of hydrogen-bond donors (Lipinski definition) is 1. The van der Waals surface area contributed by atoms with E-state index in [0.29, 0.717) is 26.2 Å². The largest absolute Gasteiger partial charge is 0.422 e. The summed E-state index contributed by atoms with van der Waals surface area (Å²) in [5, 5.41) is 3.68. The van der Waals surface area contributed by atoms with Gasteiger partial charge in [0.2, 0.25) is 0 Å². The molecule has 0 aliphatic carbocycles. The van der Waals surface area contributed by atoms with Crippen LogP contribution >= 0.6 is 22.9 Å². The summed E-state index contributed by atoms with van der Waals surface area (Å²) in [6, 6.07) is 12.6. The molecule has 0 unspecified atom stereocenters. The van der Waals surface area contributed by atoms with Crippen LogP contribution in [0.5, 0.6) is 0 Å². The van der Waals surface area contributed by atoms with Crippen molar-refractivity contribution in [3.63, 3.8) is 0 Å². The van der Waals surface area contributed by atoms with Crippen LogP contribution in [0.4, 0.5) is 10.1 Å². The molecule has 4 rings (SSSR count). The zero-order valence-electron chi connectivity index (χ0n) is 12.5. The Bertz CT molecular complexity index is 1200. The van der Waals surface area contributed by atoms with Gasteiger partial charge < -0.3 is 9.73 Å². The number of thiophene rings is 1. The molecule has 4 nitrogen and oxygen atoms in total. The summed E-state index contributed by atoms with van der Waals surface area (Å²) in [7, 11) is 0. The molecule has 2 aromatic heterocycles. The third-order valence-electron chi connectivity index (χ3n) is 3.69.